The van der Waals surface area contributed by atoms with E-state index in [9.17, 15) is 4.79 Å². The predicted molar refractivity (Wildman–Crippen MR) is 125 cm³/mol. The number of rotatable bonds is 7. The van der Waals surface area contributed by atoms with E-state index >= 15 is 0 Å². The molecule has 0 spiro atoms. The number of carbonyl (C=O) groups is 1. The minimum absolute atomic E-state index is 0.0652. The summed E-state index contributed by atoms with van der Waals surface area (Å²) in [5.74, 6) is 1.25. The number of piperidine rings is 1. The molecule has 0 saturated carbocycles. The smallest absolute Gasteiger partial charge is 0.258 e. The number of anilines is 2. The summed E-state index contributed by atoms with van der Waals surface area (Å²) in [6.45, 7) is 6.21. The number of aromatic nitrogens is 2. The molecule has 4 rings (SSSR count). The largest absolute Gasteiger partial charge is 0.475 e. The molecule has 3 aromatic rings. The highest BCUT2D eigenvalue weighted by atomic mass is 16.5. The molecule has 1 amide bonds. The van der Waals surface area contributed by atoms with Crippen LogP contribution in [0.15, 0.2) is 48.5 Å². The Bertz CT molecular complexity index is 1050. The highest BCUT2D eigenvalue weighted by Gasteiger charge is 2.29. The average molecular weight is 419 g/mol. The first-order chi connectivity index (χ1) is 15.2. The molecule has 0 bridgehead atoms. The van der Waals surface area contributed by atoms with E-state index in [1.165, 1.54) is 0 Å². The van der Waals surface area contributed by atoms with E-state index in [4.69, 9.17) is 14.7 Å². The Morgan fingerprint density at radius 1 is 1.10 bits per heavy atom. The van der Waals surface area contributed by atoms with Crippen molar-refractivity contribution in [3.05, 3.63) is 54.1 Å². The molecule has 2 heterocycles. The minimum atomic E-state index is -0.106. The van der Waals surface area contributed by atoms with Crippen molar-refractivity contribution in [1.82, 2.24) is 9.97 Å². The summed E-state index contributed by atoms with van der Waals surface area (Å²) in [6.07, 6.45) is 3.58. The Labute approximate surface area is 183 Å². The standard InChI is InChI=1S/C25H30N4O2/c1-3-16-31-25-23(26-21-13-7-8-14-22(21)28-25)29-15-9-11-19(17-29)24(30)27-20-12-6-5-10-18(20)4-2/h5-8,10,12-14,19H,3-4,9,11,15-17H2,1-2H3,(H,27,30)/t19-/m1/s1. The van der Waals surface area contributed by atoms with Crippen molar-refractivity contribution >= 4 is 28.4 Å². The second kappa shape index (κ2) is 9.77. The molecular formula is C25H30N4O2. The lowest BCUT2D eigenvalue weighted by Gasteiger charge is -2.33. The molecule has 6 nitrogen and oxygen atoms in total. The topological polar surface area (TPSA) is 67.4 Å². The number of hydrogen-bond acceptors (Lipinski definition) is 5. The van der Waals surface area contributed by atoms with Gasteiger partial charge in [0.15, 0.2) is 5.82 Å². The number of nitrogens with one attached hydrogen (secondary N) is 1. The molecule has 0 radical (unpaired) electrons. The lowest BCUT2D eigenvalue weighted by Crippen LogP contribution is -2.41. The zero-order chi connectivity index (χ0) is 21.6. The third-order valence-electron chi connectivity index (χ3n) is 5.71. The van der Waals surface area contributed by atoms with Crippen LogP contribution in [0, 0.1) is 5.92 Å². The van der Waals surface area contributed by atoms with E-state index in [1.807, 2.05) is 42.5 Å². The number of ether oxygens (including phenoxy) is 1. The summed E-state index contributed by atoms with van der Waals surface area (Å²) < 4.78 is 5.95. The lowest BCUT2D eigenvalue weighted by molar-refractivity contribution is -0.120. The molecule has 2 aromatic carbocycles. The molecule has 1 fully saturated rings. The van der Waals surface area contributed by atoms with E-state index in [1.54, 1.807) is 0 Å². The highest BCUT2D eigenvalue weighted by Crippen LogP contribution is 2.31. The van der Waals surface area contributed by atoms with E-state index in [-0.39, 0.29) is 11.8 Å². The number of fused-ring (bicyclic) bond motifs is 1. The van der Waals surface area contributed by atoms with Gasteiger partial charge in [-0.15, -0.1) is 0 Å². The molecule has 1 aromatic heterocycles. The number of hydrogen-bond donors (Lipinski definition) is 1. The van der Waals surface area contributed by atoms with Gasteiger partial charge in [-0.1, -0.05) is 44.2 Å². The lowest BCUT2D eigenvalue weighted by atomic mass is 9.96. The number of amides is 1. The number of carbonyl (C=O) groups excluding carboxylic acids is 1. The summed E-state index contributed by atoms with van der Waals surface area (Å²) in [5.41, 5.74) is 3.72. The molecule has 1 aliphatic rings. The summed E-state index contributed by atoms with van der Waals surface area (Å²) in [7, 11) is 0. The van der Waals surface area contributed by atoms with E-state index in [0.29, 0.717) is 19.0 Å². The SMILES string of the molecule is CCCOc1nc2ccccc2nc1N1CCC[C@@H](C(=O)Nc2ccccc2CC)C1. The van der Waals surface area contributed by atoms with Gasteiger partial charge in [-0.3, -0.25) is 4.79 Å². The quantitative estimate of drug-likeness (QED) is 0.595. The third kappa shape index (κ3) is 4.79. The molecule has 1 N–H and O–H groups in total. The van der Waals surface area contributed by atoms with Gasteiger partial charge in [0.2, 0.25) is 5.91 Å². The Hall–Kier alpha value is -3.15. The third-order valence-corrected chi connectivity index (χ3v) is 5.71. The summed E-state index contributed by atoms with van der Waals surface area (Å²) in [6, 6.07) is 15.8. The van der Waals surface area contributed by atoms with Crippen LogP contribution < -0.4 is 15.0 Å². The number of para-hydroxylation sites is 3. The van der Waals surface area contributed by atoms with E-state index in [0.717, 1.165) is 60.3 Å². The molecule has 1 atom stereocenters. The maximum atomic E-state index is 13.1. The normalized spacial score (nSPS) is 16.3. The Morgan fingerprint density at radius 3 is 2.61 bits per heavy atom. The Balaban J connectivity index is 1.56. The first-order valence-electron chi connectivity index (χ1n) is 11.2. The highest BCUT2D eigenvalue weighted by molar-refractivity contribution is 5.93. The van der Waals surface area contributed by atoms with Gasteiger partial charge >= 0.3 is 0 Å². The van der Waals surface area contributed by atoms with Crippen molar-refractivity contribution in [1.29, 1.82) is 0 Å². The molecule has 1 aliphatic heterocycles. The van der Waals surface area contributed by atoms with Crippen LogP contribution >= 0.6 is 0 Å². The van der Waals surface area contributed by atoms with E-state index in [2.05, 4.69) is 30.1 Å². The maximum absolute atomic E-state index is 13.1. The van der Waals surface area contributed by atoms with Gasteiger partial charge in [0.1, 0.15) is 0 Å². The molecule has 0 aliphatic carbocycles. The maximum Gasteiger partial charge on any atom is 0.258 e. The molecule has 31 heavy (non-hydrogen) atoms. The first-order valence-corrected chi connectivity index (χ1v) is 11.2. The van der Waals surface area contributed by atoms with Gasteiger partial charge in [0.05, 0.1) is 23.6 Å². The fraction of sp³-hybridized carbons (Fsp3) is 0.400. The van der Waals surface area contributed by atoms with Gasteiger partial charge in [-0.25, -0.2) is 9.97 Å². The van der Waals surface area contributed by atoms with Gasteiger partial charge in [-0.05, 0) is 49.4 Å². The van der Waals surface area contributed by atoms with Crippen molar-refractivity contribution in [2.45, 2.75) is 39.5 Å². The minimum Gasteiger partial charge on any atom is -0.475 e. The fourth-order valence-corrected chi connectivity index (χ4v) is 4.04. The van der Waals surface area contributed by atoms with Crippen LogP contribution in [0.5, 0.6) is 5.88 Å². The van der Waals surface area contributed by atoms with Crippen LogP contribution in [-0.4, -0.2) is 35.6 Å². The Kier molecular flexibility index (Phi) is 6.65. The van der Waals surface area contributed by atoms with Crippen LogP contribution in [-0.2, 0) is 11.2 Å². The molecule has 0 unspecified atom stereocenters. The first kappa shape index (κ1) is 21.1. The van der Waals surface area contributed by atoms with Gasteiger partial charge < -0.3 is 15.0 Å². The molecular weight excluding hydrogens is 388 g/mol. The second-order valence-corrected chi connectivity index (χ2v) is 7.97. The Morgan fingerprint density at radius 2 is 1.84 bits per heavy atom. The second-order valence-electron chi connectivity index (χ2n) is 7.97. The van der Waals surface area contributed by atoms with Crippen molar-refractivity contribution in [2.75, 3.05) is 29.9 Å². The van der Waals surface area contributed by atoms with Crippen LogP contribution in [0.4, 0.5) is 11.5 Å². The van der Waals surface area contributed by atoms with E-state index < -0.39 is 0 Å². The molecule has 162 valence electrons. The summed E-state index contributed by atoms with van der Waals surface area (Å²) in [5, 5.41) is 3.15. The monoisotopic (exact) mass is 418 g/mol. The van der Waals surface area contributed by atoms with Gasteiger partial charge in [0.25, 0.3) is 5.88 Å². The van der Waals surface area contributed by atoms with Gasteiger partial charge in [-0.2, -0.15) is 0 Å². The van der Waals surface area contributed by atoms with Crippen molar-refractivity contribution < 1.29 is 9.53 Å². The molecule has 6 heteroatoms. The fourth-order valence-electron chi connectivity index (χ4n) is 4.04. The van der Waals surface area contributed by atoms with Crippen LogP contribution in [0.3, 0.4) is 0 Å². The predicted octanol–water partition coefficient (Wildman–Crippen LogP) is 4.84. The molecule has 1 saturated heterocycles. The van der Waals surface area contributed by atoms with Crippen LogP contribution in [0.25, 0.3) is 11.0 Å². The summed E-state index contributed by atoms with van der Waals surface area (Å²) >= 11 is 0. The van der Waals surface area contributed by atoms with Crippen molar-refractivity contribution in [3.63, 3.8) is 0 Å². The zero-order valence-electron chi connectivity index (χ0n) is 18.3. The van der Waals surface area contributed by atoms with Crippen LogP contribution in [0.1, 0.15) is 38.7 Å². The van der Waals surface area contributed by atoms with Crippen molar-refractivity contribution in [3.8, 4) is 5.88 Å². The zero-order valence-corrected chi connectivity index (χ0v) is 18.3. The van der Waals surface area contributed by atoms with Crippen molar-refractivity contribution in [2.24, 2.45) is 5.92 Å². The number of nitrogens with zero attached hydrogens (tertiary/aromatic N) is 3. The summed E-state index contributed by atoms with van der Waals surface area (Å²) in [4.78, 5) is 24.8. The van der Waals surface area contributed by atoms with Crippen LogP contribution in [0.2, 0.25) is 0 Å². The number of benzene rings is 2. The average Bonchev–Trinajstić information content (AvgIpc) is 2.82. The van der Waals surface area contributed by atoms with Gasteiger partial charge in [0, 0.05) is 18.8 Å². The number of aryl methyl sites for hydroxylation is 1.